The molecule has 1 aromatic heterocycles. The predicted molar refractivity (Wildman–Crippen MR) is 129 cm³/mol. The Morgan fingerprint density at radius 1 is 1.09 bits per heavy atom. The normalized spacial score (nSPS) is 11.6. The smallest absolute Gasteiger partial charge is 0.357 e. The fourth-order valence-electron chi connectivity index (χ4n) is 2.92. The van der Waals surface area contributed by atoms with E-state index in [1.54, 1.807) is 0 Å². The van der Waals surface area contributed by atoms with E-state index >= 15 is 0 Å². The molecule has 1 amide bonds. The molecule has 1 aromatic carbocycles. The van der Waals surface area contributed by atoms with Crippen LogP contribution in [0.2, 0.25) is 0 Å². The van der Waals surface area contributed by atoms with E-state index in [4.69, 9.17) is 0 Å². The van der Waals surface area contributed by atoms with Crippen LogP contribution in [-0.2, 0) is 12.7 Å². The summed E-state index contributed by atoms with van der Waals surface area (Å²) in [7, 11) is 0. The third-order valence-electron chi connectivity index (χ3n) is 4.42. The average molecular weight is 566 g/mol. The summed E-state index contributed by atoms with van der Waals surface area (Å²) in [6, 6.07) is 6.16. The Hall–Kier alpha value is -2.31. The highest BCUT2D eigenvalue weighted by Gasteiger charge is 2.30. The second-order valence-electron chi connectivity index (χ2n) is 7.02. The number of amides is 1. The van der Waals surface area contributed by atoms with Gasteiger partial charge in [0.25, 0.3) is 5.91 Å². The highest BCUT2D eigenvalue weighted by atomic mass is 127. The van der Waals surface area contributed by atoms with Gasteiger partial charge in [-0.1, -0.05) is 0 Å². The summed E-state index contributed by atoms with van der Waals surface area (Å²) in [5.41, 5.74) is 1.51. The Bertz CT molecular complexity index is 881. The van der Waals surface area contributed by atoms with Crippen LogP contribution in [0.25, 0.3) is 0 Å². The molecule has 0 saturated carbocycles. The second-order valence-corrected chi connectivity index (χ2v) is 7.02. The van der Waals surface area contributed by atoms with Gasteiger partial charge >= 0.3 is 6.18 Å². The molecule has 0 fully saturated rings. The number of nitrogens with one attached hydrogen (secondary N) is 3. The van der Waals surface area contributed by atoms with Gasteiger partial charge in [0, 0.05) is 44.0 Å². The first-order chi connectivity index (χ1) is 14.7. The molecule has 0 atom stereocenters. The van der Waals surface area contributed by atoms with Gasteiger partial charge in [-0.25, -0.2) is 0 Å². The molecule has 0 spiro atoms. The maximum Gasteiger partial charge on any atom is 0.416 e. The number of guanidine groups is 1. The van der Waals surface area contributed by atoms with E-state index in [0.717, 1.165) is 36.5 Å². The van der Waals surface area contributed by atoms with Gasteiger partial charge in [0.2, 0.25) is 0 Å². The lowest BCUT2D eigenvalue weighted by Crippen LogP contribution is -2.41. The van der Waals surface area contributed by atoms with Crippen LogP contribution in [0.5, 0.6) is 0 Å². The zero-order valence-electron chi connectivity index (χ0n) is 18.4. The third-order valence-corrected chi connectivity index (χ3v) is 4.42. The van der Waals surface area contributed by atoms with Crippen LogP contribution in [0.3, 0.4) is 0 Å². The molecule has 0 aliphatic carbocycles. The fourth-order valence-corrected chi connectivity index (χ4v) is 2.92. The molecule has 1 heterocycles. The molecule has 2 rings (SSSR count). The lowest BCUT2D eigenvalue weighted by atomic mass is 10.1. The molecule has 0 unspecified atom stereocenters. The molecule has 7 nitrogen and oxygen atoms in total. The second kappa shape index (κ2) is 13.3. The minimum Gasteiger partial charge on any atom is -0.357 e. The molecule has 2 aromatic rings. The Balaban J connectivity index is 0.00000512. The van der Waals surface area contributed by atoms with Crippen LogP contribution in [0, 0.1) is 13.8 Å². The van der Waals surface area contributed by atoms with Crippen molar-refractivity contribution in [2.24, 2.45) is 4.99 Å². The van der Waals surface area contributed by atoms with Crippen molar-refractivity contribution in [2.45, 2.75) is 39.9 Å². The summed E-state index contributed by atoms with van der Waals surface area (Å²) in [6.45, 7) is 8.77. The van der Waals surface area contributed by atoms with Gasteiger partial charge in [0.1, 0.15) is 0 Å². The number of hydrogen-bond acceptors (Lipinski definition) is 3. The Morgan fingerprint density at radius 2 is 1.75 bits per heavy atom. The van der Waals surface area contributed by atoms with Gasteiger partial charge in [-0.15, -0.1) is 24.0 Å². The van der Waals surface area contributed by atoms with Gasteiger partial charge in [0.05, 0.1) is 11.3 Å². The standard InChI is InChI=1S/C21H29F3N6O.HI/c1-4-25-20(27-10-5-13-30-16(3)14-15(2)29-30)28-12-11-26-19(31)17-6-8-18(9-7-17)21(22,23)24;/h6-9,14H,4-5,10-13H2,1-3H3,(H,26,31)(H2,25,27,28);1H. The summed E-state index contributed by atoms with van der Waals surface area (Å²) in [6.07, 6.45) is -3.58. The summed E-state index contributed by atoms with van der Waals surface area (Å²) in [5.74, 6) is 0.210. The summed E-state index contributed by atoms with van der Waals surface area (Å²) >= 11 is 0. The first kappa shape index (κ1) is 27.7. The van der Waals surface area contributed by atoms with E-state index in [1.165, 1.54) is 12.1 Å². The van der Waals surface area contributed by atoms with Crippen LogP contribution in [0.4, 0.5) is 13.2 Å². The maximum atomic E-state index is 12.6. The third kappa shape index (κ3) is 9.05. The summed E-state index contributed by atoms with van der Waals surface area (Å²) < 4.78 is 39.7. The number of rotatable bonds is 9. The molecule has 0 bridgehead atoms. The number of carbonyl (C=O) groups is 1. The first-order valence-electron chi connectivity index (χ1n) is 10.2. The topological polar surface area (TPSA) is 83.3 Å². The maximum absolute atomic E-state index is 12.6. The van der Waals surface area contributed by atoms with Crippen LogP contribution >= 0.6 is 24.0 Å². The summed E-state index contributed by atoms with van der Waals surface area (Å²) in [5, 5.41) is 13.4. The molecular weight excluding hydrogens is 536 g/mol. The van der Waals surface area contributed by atoms with Crippen molar-refractivity contribution in [3.63, 3.8) is 0 Å². The van der Waals surface area contributed by atoms with E-state index in [1.807, 2.05) is 31.5 Å². The number of halogens is 4. The first-order valence-corrected chi connectivity index (χ1v) is 10.2. The monoisotopic (exact) mass is 566 g/mol. The number of nitrogens with zero attached hydrogens (tertiary/aromatic N) is 3. The van der Waals surface area contributed by atoms with E-state index in [9.17, 15) is 18.0 Å². The zero-order chi connectivity index (χ0) is 22.9. The average Bonchev–Trinajstić information content (AvgIpc) is 3.04. The van der Waals surface area contributed by atoms with E-state index in [0.29, 0.717) is 32.1 Å². The van der Waals surface area contributed by atoms with Crippen LogP contribution in [0.15, 0.2) is 35.3 Å². The number of aromatic nitrogens is 2. The SMILES string of the molecule is CCNC(=NCCCn1nc(C)cc1C)NCCNC(=O)c1ccc(C(F)(F)F)cc1.I. The van der Waals surface area contributed by atoms with Crippen molar-refractivity contribution >= 4 is 35.8 Å². The largest absolute Gasteiger partial charge is 0.416 e. The van der Waals surface area contributed by atoms with Crippen molar-refractivity contribution in [3.05, 3.63) is 52.8 Å². The number of aliphatic imine (C=N–C) groups is 1. The molecular formula is C21H30F3IN6O. The van der Waals surface area contributed by atoms with Crippen LogP contribution in [-0.4, -0.2) is 47.8 Å². The molecule has 178 valence electrons. The van der Waals surface area contributed by atoms with E-state index in [-0.39, 0.29) is 29.5 Å². The number of alkyl halides is 3. The molecule has 3 N–H and O–H groups in total. The Labute approximate surface area is 203 Å². The molecule has 0 saturated heterocycles. The fraction of sp³-hybridized carbons (Fsp3) is 0.476. The minimum atomic E-state index is -4.42. The van der Waals surface area contributed by atoms with Crippen molar-refractivity contribution in [3.8, 4) is 0 Å². The molecule has 0 radical (unpaired) electrons. The van der Waals surface area contributed by atoms with Crippen LogP contribution < -0.4 is 16.0 Å². The highest BCUT2D eigenvalue weighted by Crippen LogP contribution is 2.29. The number of benzene rings is 1. The van der Waals surface area contributed by atoms with Gasteiger partial charge in [-0.3, -0.25) is 14.5 Å². The number of hydrogen-bond donors (Lipinski definition) is 3. The van der Waals surface area contributed by atoms with Gasteiger partial charge in [-0.05, 0) is 57.5 Å². The van der Waals surface area contributed by atoms with Crippen molar-refractivity contribution in [1.82, 2.24) is 25.7 Å². The lowest BCUT2D eigenvalue weighted by Gasteiger charge is -2.12. The molecule has 0 aliphatic rings. The van der Waals surface area contributed by atoms with Gasteiger partial charge < -0.3 is 16.0 Å². The predicted octanol–water partition coefficient (Wildman–Crippen LogP) is 3.51. The van der Waals surface area contributed by atoms with Crippen molar-refractivity contribution in [1.29, 1.82) is 0 Å². The van der Waals surface area contributed by atoms with E-state index in [2.05, 4.69) is 26.0 Å². The molecule has 32 heavy (non-hydrogen) atoms. The van der Waals surface area contributed by atoms with Gasteiger partial charge in [-0.2, -0.15) is 18.3 Å². The number of aryl methyl sites for hydroxylation is 3. The van der Waals surface area contributed by atoms with Crippen molar-refractivity contribution in [2.75, 3.05) is 26.2 Å². The zero-order valence-corrected chi connectivity index (χ0v) is 20.8. The highest BCUT2D eigenvalue weighted by molar-refractivity contribution is 14.0. The quantitative estimate of drug-likeness (QED) is 0.188. The Morgan fingerprint density at radius 3 is 2.31 bits per heavy atom. The number of carbonyl (C=O) groups excluding carboxylic acids is 1. The Kier molecular flexibility index (Phi) is 11.5. The molecule has 11 heteroatoms. The lowest BCUT2D eigenvalue weighted by molar-refractivity contribution is -0.137. The molecule has 0 aliphatic heterocycles. The van der Waals surface area contributed by atoms with Crippen molar-refractivity contribution < 1.29 is 18.0 Å². The minimum absolute atomic E-state index is 0. The van der Waals surface area contributed by atoms with Crippen LogP contribution in [0.1, 0.15) is 40.7 Å². The van der Waals surface area contributed by atoms with Gasteiger partial charge in [0.15, 0.2) is 5.96 Å². The van der Waals surface area contributed by atoms with E-state index < -0.39 is 17.6 Å². The summed E-state index contributed by atoms with van der Waals surface area (Å²) in [4.78, 5) is 16.6.